The van der Waals surface area contributed by atoms with Gasteiger partial charge < -0.3 is 20.5 Å². The Morgan fingerprint density at radius 2 is 2.35 bits per heavy atom. The van der Waals surface area contributed by atoms with Crippen molar-refractivity contribution >= 4 is 11.6 Å². The molecule has 2 rings (SSSR count). The van der Waals surface area contributed by atoms with Crippen LogP contribution in [0.25, 0.3) is 0 Å². The fraction of sp³-hybridized carbons (Fsp3) is 0.533. The highest BCUT2D eigenvalue weighted by Crippen LogP contribution is 2.26. The standard InChI is InChI=1S/C15H22N2O3/c1-20-14-7-6-11(10-13(14)16)15(19)17-8-2-4-12(17)5-3-9-18/h6-7,10,12,18H,2-5,8-9,16H2,1H3. The molecule has 1 aromatic carbocycles. The van der Waals surface area contributed by atoms with Crippen LogP contribution in [-0.2, 0) is 0 Å². The molecule has 1 aliphatic heterocycles. The second kappa shape index (κ2) is 6.61. The Morgan fingerprint density at radius 1 is 1.55 bits per heavy atom. The molecule has 1 unspecified atom stereocenters. The van der Waals surface area contributed by atoms with Crippen molar-refractivity contribution in [2.75, 3.05) is 26.0 Å². The summed E-state index contributed by atoms with van der Waals surface area (Å²) in [5, 5.41) is 8.93. The van der Waals surface area contributed by atoms with E-state index in [1.54, 1.807) is 25.3 Å². The first-order chi connectivity index (χ1) is 9.67. The third kappa shape index (κ3) is 3.04. The van der Waals surface area contributed by atoms with Gasteiger partial charge in [0.1, 0.15) is 5.75 Å². The molecular weight excluding hydrogens is 256 g/mol. The van der Waals surface area contributed by atoms with Crippen LogP contribution in [0, 0.1) is 0 Å². The molecule has 1 amide bonds. The molecule has 1 heterocycles. The minimum atomic E-state index is 0.0137. The van der Waals surface area contributed by atoms with Crippen LogP contribution < -0.4 is 10.5 Å². The number of aliphatic hydroxyl groups is 1. The van der Waals surface area contributed by atoms with Gasteiger partial charge in [0.2, 0.25) is 0 Å². The summed E-state index contributed by atoms with van der Waals surface area (Å²) in [6.45, 7) is 0.953. The van der Waals surface area contributed by atoms with Crippen molar-refractivity contribution in [1.29, 1.82) is 0 Å². The number of amides is 1. The Bertz CT molecular complexity index is 476. The lowest BCUT2D eigenvalue weighted by atomic mass is 10.1. The number of anilines is 1. The number of likely N-dealkylation sites (tertiary alicyclic amines) is 1. The second-order valence-electron chi connectivity index (χ2n) is 5.12. The summed E-state index contributed by atoms with van der Waals surface area (Å²) in [7, 11) is 1.55. The van der Waals surface area contributed by atoms with Crippen molar-refractivity contribution in [3.63, 3.8) is 0 Å². The summed E-state index contributed by atoms with van der Waals surface area (Å²) < 4.78 is 5.10. The third-order valence-corrected chi connectivity index (χ3v) is 3.81. The van der Waals surface area contributed by atoms with Gasteiger partial charge in [-0.2, -0.15) is 0 Å². The summed E-state index contributed by atoms with van der Waals surface area (Å²) in [4.78, 5) is 14.4. The fourth-order valence-corrected chi connectivity index (χ4v) is 2.76. The Morgan fingerprint density at radius 3 is 3.00 bits per heavy atom. The second-order valence-corrected chi connectivity index (χ2v) is 5.12. The van der Waals surface area contributed by atoms with Crippen LogP contribution in [0.4, 0.5) is 5.69 Å². The smallest absolute Gasteiger partial charge is 0.254 e. The van der Waals surface area contributed by atoms with E-state index in [1.165, 1.54) is 0 Å². The predicted octanol–water partition coefficient (Wildman–Crippen LogP) is 1.65. The van der Waals surface area contributed by atoms with E-state index < -0.39 is 0 Å². The molecule has 0 bridgehead atoms. The van der Waals surface area contributed by atoms with Gasteiger partial charge in [-0.3, -0.25) is 4.79 Å². The number of hydrogen-bond acceptors (Lipinski definition) is 4. The number of nitrogens with two attached hydrogens (primary N) is 1. The molecular formula is C15H22N2O3. The van der Waals surface area contributed by atoms with E-state index in [4.69, 9.17) is 15.6 Å². The molecule has 3 N–H and O–H groups in total. The first kappa shape index (κ1) is 14.7. The quantitative estimate of drug-likeness (QED) is 0.803. The van der Waals surface area contributed by atoms with Crippen LogP contribution in [-0.4, -0.2) is 42.2 Å². The van der Waals surface area contributed by atoms with E-state index in [1.807, 2.05) is 4.90 Å². The van der Waals surface area contributed by atoms with Crippen LogP contribution in [0.2, 0.25) is 0 Å². The largest absolute Gasteiger partial charge is 0.495 e. The summed E-state index contributed by atoms with van der Waals surface area (Å²) in [5.41, 5.74) is 6.93. The van der Waals surface area contributed by atoms with Crippen LogP contribution >= 0.6 is 0 Å². The molecule has 1 saturated heterocycles. The van der Waals surface area contributed by atoms with E-state index in [0.29, 0.717) is 17.0 Å². The molecule has 0 saturated carbocycles. The molecule has 1 aromatic rings. The Labute approximate surface area is 119 Å². The molecule has 0 aliphatic carbocycles. The Hall–Kier alpha value is -1.75. The monoisotopic (exact) mass is 278 g/mol. The molecule has 20 heavy (non-hydrogen) atoms. The number of benzene rings is 1. The first-order valence-corrected chi connectivity index (χ1v) is 7.02. The maximum absolute atomic E-state index is 12.5. The number of nitrogens with zero attached hydrogens (tertiary/aromatic N) is 1. The number of rotatable bonds is 5. The van der Waals surface area contributed by atoms with Crippen molar-refractivity contribution in [3.05, 3.63) is 23.8 Å². The van der Waals surface area contributed by atoms with Crippen molar-refractivity contribution in [1.82, 2.24) is 4.90 Å². The average molecular weight is 278 g/mol. The summed E-state index contributed by atoms with van der Waals surface area (Å²) >= 11 is 0. The highest BCUT2D eigenvalue weighted by molar-refractivity contribution is 5.95. The lowest BCUT2D eigenvalue weighted by Crippen LogP contribution is -2.35. The topological polar surface area (TPSA) is 75.8 Å². The molecule has 1 aliphatic rings. The van der Waals surface area contributed by atoms with E-state index in [0.717, 1.165) is 32.2 Å². The molecule has 0 spiro atoms. The molecule has 110 valence electrons. The minimum Gasteiger partial charge on any atom is -0.495 e. The fourth-order valence-electron chi connectivity index (χ4n) is 2.76. The zero-order valence-corrected chi connectivity index (χ0v) is 11.8. The van der Waals surface area contributed by atoms with E-state index in [2.05, 4.69) is 0 Å². The number of nitrogen functional groups attached to an aromatic ring is 1. The molecule has 5 nitrogen and oxygen atoms in total. The SMILES string of the molecule is COc1ccc(C(=O)N2CCCC2CCCO)cc1N. The Balaban J connectivity index is 2.11. The highest BCUT2D eigenvalue weighted by atomic mass is 16.5. The first-order valence-electron chi connectivity index (χ1n) is 7.02. The minimum absolute atomic E-state index is 0.0137. The molecule has 1 atom stereocenters. The number of hydrogen-bond donors (Lipinski definition) is 2. The number of ether oxygens (including phenoxy) is 1. The van der Waals surface area contributed by atoms with Gasteiger partial charge in [0, 0.05) is 24.8 Å². The average Bonchev–Trinajstić information content (AvgIpc) is 2.92. The highest BCUT2D eigenvalue weighted by Gasteiger charge is 2.29. The zero-order chi connectivity index (χ0) is 14.5. The van der Waals surface area contributed by atoms with E-state index in [-0.39, 0.29) is 18.6 Å². The van der Waals surface area contributed by atoms with Gasteiger partial charge in [0.05, 0.1) is 12.8 Å². The summed E-state index contributed by atoms with van der Waals surface area (Å²) in [5.74, 6) is 0.597. The number of carbonyl (C=O) groups is 1. The molecule has 5 heteroatoms. The predicted molar refractivity (Wildman–Crippen MR) is 77.8 cm³/mol. The van der Waals surface area contributed by atoms with Gasteiger partial charge in [-0.1, -0.05) is 0 Å². The molecule has 0 radical (unpaired) electrons. The van der Waals surface area contributed by atoms with Crippen molar-refractivity contribution in [2.24, 2.45) is 0 Å². The third-order valence-electron chi connectivity index (χ3n) is 3.81. The van der Waals surface area contributed by atoms with Crippen LogP contribution in [0.15, 0.2) is 18.2 Å². The van der Waals surface area contributed by atoms with Crippen LogP contribution in [0.1, 0.15) is 36.0 Å². The van der Waals surface area contributed by atoms with Crippen molar-refractivity contribution in [3.8, 4) is 5.75 Å². The lowest BCUT2D eigenvalue weighted by molar-refractivity contribution is 0.0724. The van der Waals surface area contributed by atoms with Crippen LogP contribution in [0.5, 0.6) is 5.75 Å². The van der Waals surface area contributed by atoms with Crippen molar-refractivity contribution < 1.29 is 14.6 Å². The van der Waals surface area contributed by atoms with Crippen molar-refractivity contribution in [2.45, 2.75) is 31.7 Å². The van der Waals surface area contributed by atoms with Gasteiger partial charge in [-0.05, 0) is 43.9 Å². The van der Waals surface area contributed by atoms with Crippen LogP contribution in [0.3, 0.4) is 0 Å². The maximum Gasteiger partial charge on any atom is 0.254 e. The number of aliphatic hydroxyl groups excluding tert-OH is 1. The normalized spacial score (nSPS) is 18.3. The summed E-state index contributed by atoms with van der Waals surface area (Å²) in [6, 6.07) is 5.38. The number of carbonyl (C=O) groups excluding carboxylic acids is 1. The molecule has 0 aromatic heterocycles. The van der Waals surface area contributed by atoms with E-state index in [9.17, 15) is 4.79 Å². The van der Waals surface area contributed by atoms with Gasteiger partial charge in [0.25, 0.3) is 5.91 Å². The maximum atomic E-state index is 12.5. The number of methoxy groups -OCH3 is 1. The van der Waals surface area contributed by atoms with Gasteiger partial charge >= 0.3 is 0 Å². The molecule has 1 fully saturated rings. The van der Waals surface area contributed by atoms with E-state index >= 15 is 0 Å². The Kier molecular flexibility index (Phi) is 4.84. The zero-order valence-electron chi connectivity index (χ0n) is 11.8. The van der Waals surface area contributed by atoms with Gasteiger partial charge in [-0.15, -0.1) is 0 Å². The van der Waals surface area contributed by atoms with Gasteiger partial charge in [-0.25, -0.2) is 0 Å². The summed E-state index contributed by atoms with van der Waals surface area (Å²) in [6.07, 6.45) is 3.62. The lowest BCUT2D eigenvalue weighted by Gasteiger charge is -2.25. The van der Waals surface area contributed by atoms with Gasteiger partial charge in [0.15, 0.2) is 0 Å².